The van der Waals surface area contributed by atoms with Gasteiger partial charge in [-0.25, -0.2) is 4.79 Å². The van der Waals surface area contributed by atoms with Gasteiger partial charge in [-0.3, -0.25) is 19.4 Å². The quantitative estimate of drug-likeness (QED) is 0.647. The van der Waals surface area contributed by atoms with Crippen LogP contribution in [0.4, 0.5) is 4.79 Å². The molecule has 2 saturated heterocycles. The number of hydrogen-bond acceptors (Lipinski definition) is 5. The third-order valence-corrected chi connectivity index (χ3v) is 7.75. The van der Waals surface area contributed by atoms with Gasteiger partial charge in [-0.15, -0.1) is 0 Å². The lowest BCUT2D eigenvalue weighted by atomic mass is 9.67. The van der Waals surface area contributed by atoms with Gasteiger partial charge < -0.3 is 15.0 Å². The Hall–Kier alpha value is -2.61. The van der Waals surface area contributed by atoms with E-state index in [1.807, 2.05) is 30.3 Å². The summed E-state index contributed by atoms with van der Waals surface area (Å²) < 4.78 is 5.76. The van der Waals surface area contributed by atoms with Crippen LogP contribution >= 0.6 is 0 Å². The van der Waals surface area contributed by atoms with Crippen molar-refractivity contribution >= 4 is 17.8 Å². The first kappa shape index (κ1) is 24.5. The third-order valence-electron chi connectivity index (χ3n) is 7.75. The van der Waals surface area contributed by atoms with Crippen LogP contribution < -0.4 is 10.1 Å². The zero-order chi connectivity index (χ0) is 24.3. The van der Waals surface area contributed by atoms with Gasteiger partial charge >= 0.3 is 6.03 Å². The highest BCUT2D eigenvalue weighted by Crippen LogP contribution is 2.43. The van der Waals surface area contributed by atoms with Crippen LogP contribution in [-0.2, 0) is 9.59 Å². The molecule has 4 amide bonds. The SMILES string of the molecule is CC(C)(C)C1CCC2(CC1)NC(=O)N(CC(=O)N1CCN(CCOc3ccccc3)CC1)C2=O. The molecule has 4 rings (SSSR count). The van der Waals surface area contributed by atoms with Crippen molar-refractivity contribution < 1.29 is 19.1 Å². The monoisotopic (exact) mass is 470 g/mol. The van der Waals surface area contributed by atoms with Crippen molar-refractivity contribution in [1.29, 1.82) is 0 Å². The zero-order valence-electron chi connectivity index (χ0n) is 20.7. The molecule has 1 N–H and O–H groups in total. The van der Waals surface area contributed by atoms with Gasteiger partial charge in [0.05, 0.1) is 0 Å². The average Bonchev–Trinajstić information content (AvgIpc) is 3.03. The Labute approximate surface area is 202 Å². The average molecular weight is 471 g/mol. The number of nitrogens with zero attached hydrogens (tertiary/aromatic N) is 3. The number of carbonyl (C=O) groups excluding carboxylic acids is 3. The van der Waals surface area contributed by atoms with E-state index >= 15 is 0 Å². The fourth-order valence-electron chi connectivity index (χ4n) is 5.40. The summed E-state index contributed by atoms with van der Waals surface area (Å²) in [6, 6.07) is 9.30. The van der Waals surface area contributed by atoms with Crippen LogP contribution in [0, 0.1) is 11.3 Å². The normalized spacial score (nSPS) is 26.1. The summed E-state index contributed by atoms with van der Waals surface area (Å²) >= 11 is 0. The molecule has 0 aromatic heterocycles. The van der Waals surface area contributed by atoms with Gasteiger partial charge in [0.1, 0.15) is 24.4 Å². The highest BCUT2D eigenvalue weighted by Gasteiger charge is 2.53. The van der Waals surface area contributed by atoms with Crippen molar-refractivity contribution in [2.45, 2.75) is 52.0 Å². The summed E-state index contributed by atoms with van der Waals surface area (Å²) in [7, 11) is 0. The number of benzene rings is 1. The number of rotatable bonds is 6. The van der Waals surface area contributed by atoms with Crippen molar-refractivity contribution in [1.82, 2.24) is 20.0 Å². The van der Waals surface area contributed by atoms with Crippen molar-refractivity contribution in [3.8, 4) is 5.75 Å². The fourth-order valence-corrected chi connectivity index (χ4v) is 5.40. The van der Waals surface area contributed by atoms with E-state index in [1.165, 1.54) is 0 Å². The number of nitrogens with one attached hydrogen (secondary N) is 1. The molecular formula is C26H38N4O4. The highest BCUT2D eigenvalue weighted by molar-refractivity contribution is 6.09. The smallest absolute Gasteiger partial charge is 0.325 e. The van der Waals surface area contributed by atoms with Crippen molar-refractivity contribution in [3.05, 3.63) is 30.3 Å². The van der Waals surface area contributed by atoms with Crippen LogP contribution in [0.15, 0.2) is 30.3 Å². The van der Waals surface area contributed by atoms with Gasteiger partial charge in [-0.1, -0.05) is 39.0 Å². The predicted molar refractivity (Wildman–Crippen MR) is 129 cm³/mol. The Bertz CT molecular complexity index is 882. The second-order valence-corrected chi connectivity index (χ2v) is 10.9. The second-order valence-electron chi connectivity index (χ2n) is 10.9. The molecule has 0 bridgehead atoms. The van der Waals surface area contributed by atoms with E-state index < -0.39 is 11.6 Å². The molecular weight excluding hydrogens is 432 g/mol. The number of imide groups is 1. The van der Waals surface area contributed by atoms with E-state index in [2.05, 4.69) is 31.0 Å². The molecule has 186 valence electrons. The molecule has 1 aromatic carbocycles. The minimum absolute atomic E-state index is 0.163. The Kier molecular flexibility index (Phi) is 7.17. The summed E-state index contributed by atoms with van der Waals surface area (Å²) in [5, 5.41) is 2.94. The minimum atomic E-state index is -0.823. The lowest BCUT2D eigenvalue weighted by Crippen LogP contribution is -2.53. The Morgan fingerprint density at radius 1 is 1.06 bits per heavy atom. The van der Waals surface area contributed by atoms with Crippen molar-refractivity contribution in [2.75, 3.05) is 45.9 Å². The number of amides is 4. The predicted octanol–water partition coefficient (Wildman–Crippen LogP) is 2.74. The van der Waals surface area contributed by atoms with E-state index in [0.717, 1.165) is 43.1 Å². The van der Waals surface area contributed by atoms with Crippen LogP contribution in [0.2, 0.25) is 0 Å². The van der Waals surface area contributed by atoms with E-state index in [9.17, 15) is 14.4 Å². The Morgan fingerprint density at radius 2 is 1.71 bits per heavy atom. The molecule has 0 unspecified atom stereocenters. The van der Waals surface area contributed by atoms with Gasteiger partial charge in [0.25, 0.3) is 5.91 Å². The van der Waals surface area contributed by atoms with Crippen LogP contribution in [-0.4, -0.2) is 84.0 Å². The van der Waals surface area contributed by atoms with Gasteiger partial charge in [0.15, 0.2) is 0 Å². The van der Waals surface area contributed by atoms with Gasteiger partial charge in [-0.2, -0.15) is 0 Å². The fraction of sp³-hybridized carbons (Fsp3) is 0.654. The molecule has 3 aliphatic rings. The summed E-state index contributed by atoms with van der Waals surface area (Å²) in [5.74, 6) is 1.00. The molecule has 0 radical (unpaired) electrons. The molecule has 3 fully saturated rings. The summed E-state index contributed by atoms with van der Waals surface area (Å²) in [5.41, 5.74) is -0.630. The maximum absolute atomic E-state index is 13.2. The van der Waals surface area contributed by atoms with E-state index in [-0.39, 0.29) is 23.8 Å². The van der Waals surface area contributed by atoms with Crippen LogP contribution in [0.3, 0.4) is 0 Å². The number of carbonyl (C=O) groups is 3. The standard InChI is InChI=1S/C26H38N4O4/c1-25(2,3)20-9-11-26(12-10-20)23(32)30(24(33)27-26)19-22(31)29-15-13-28(14-16-29)17-18-34-21-7-5-4-6-8-21/h4-8,20H,9-19H2,1-3H3,(H,27,33). The highest BCUT2D eigenvalue weighted by atomic mass is 16.5. The van der Waals surface area contributed by atoms with Gasteiger partial charge in [0, 0.05) is 32.7 Å². The first-order valence-corrected chi connectivity index (χ1v) is 12.5. The molecule has 1 saturated carbocycles. The molecule has 0 atom stereocenters. The van der Waals surface area contributed by atoms with E-state index in [1.54, 1.807) is 4.90 Å². The lowest BCUT2D eigenvalue weighted by molar-refractivity contribution is -0.140. The number of ether oxygens (including phenoxy) is 1. The lowest BCUT2D eigenvalue weighted by Gasteiger charge is -2.40. The summed E-state index contributed by atoms with van der Waals surface area (Å²) in [4.78, 5) is 43.9. The first-order valence-electron chi connectivity index (χ1n) is 12.5. The molecule has 8 heteroatoms. The first-order chi connectivity index (χ1) is 16.2. The van der Waals surface area contributed by atoms with Gasteiger partial charge in [-0.05, 0) is 49.1 Å². The zero-order valence-corrected chi connectivity index (χ0v) is 20.7. The van der Waals surface area contributed by atoms with Crippen LogP contribution in [0.1, 0.15) is 46.5 Å². The van der Waals surface area contributed by atoms with E-state index in [0.29, 0.717) is 38.5 Å². The maximum Gasteiger partial charge on any atom is 0.325 e. The molecule has 1 aliphatic carbocycles. The second kappa shape index (κ2) is 9.94. The molecule has 2 heterocycles. The molecule has 2 aliphatic heterocycles. The van der Waals surface area contributed by atoms with Crippen molar-refractivity contribution in [3.63, 3.8) is 0 Å². The summed E-state index contributed by atoms with van der Waals surface area (Å²) in [6.07, 6.45) is 3.11. The topological polar surface area (TPSA) is 82.2 Å². The molecule has 8 nitrogen and oxygen atoms in total. The minimum Gasteiger partial charge on any atom is -0.492 e. The molecule has 1 aromatic rings. The van der Waals surface area contributed by atoms with Crippen LogP contribution in [0.5, 0.6) is 5.75 Å². The maximum atomic E-state index is 13.2. The number of urea groups is 1. The third kappa shape index (κ3) is 5.37. The van der Waals surface area contributed by atoms with Gasteiger partial charge in [0.2, 0.25) is 5.91 Å². The van der Waals surface area contributed by atoms with E-state index in [4.69, 9.17) is 4.74 Å². The number of para-hydroxylation sites is 1. The Morgan fingerprint density at radius 3 is 2.32 bits per heavy atom. The molecule has 34 heavy (non-hydrogen) atoms. The molecule has 1 spiro atoms. The van der Waals surface area contributed by atoms with Crippen LogP contribution in [0.25, 0.3) is 0 Å². The largest absolute Gasteiger partial charge is 0.492 e. The Balaban J connectivity index is 1.23. The summed E-state index contributed by atoms with van der Waals surface area (Å²) in [6.45, 7) is 10.6. The number of hydrogen-bond donors (Lipinski definition) is 1. The number of piperazine rings is 1. The van der Waals surface area contributed by atoms with Crippen molar-refractivity contribution in [2.24, 2.45) is 11.3 Å².